The monoisotopic (exact) mass is 629 g/mol. The Kier molecular flexibility index (Phi) is 8.23. The van der Waals surface area contributed by atoms with Crippen LogP contribution in [0.5, 0.6) is 11.5 Å². The van der Waals surface area contributed by atoms with Crippen molar-refractivity contribution in [3.05, 3.63) is 143 Å². The molecule has 0 bridgehead atoms. The summed E-state index contributed by atoms with van der Waals surface area (Å²) in [5.41, 5.74) is 2.56. The van der Waals surface area contributed by atoms with Crippen molar-refractivity contribution >= 4 is 40.3 Å². The lowest BCUT2D eigenvalue weighted by Crippen LogP contribution is -2.40. The van der Waals surface area contributed by atoms with E-state index in [-0.39, 0.29) is 23.8 Å². The van der Waals surface area contributed by atoms with E-state index in [4.69, 9.17) is 9.47 Å². The number of methoxy groups -OCH3 is 1. The van der Waals surface area contributed by atoms with Crippen molar-refractivity contribution in [2.75, 3.05) is 12.4 Å². The van der Waals surface area contributed by atoms with Crippen LogP contribution in [0.25, 0.3) is 6.08 Å². The van der Waals surface area contributed by atoms with Crippen LogP contribution in [0.3, 0.4) is 0 Å². The molecule has 3 heterocycles. The number of nitrogens with one attached hydrogen (secondary N) is 1. The quantitative estimate of drug-likeness (QED) is 0.235. The van der Waals surface area contributed by atoms with E-state index in [1.54, 1.807) is 47.9 Å². The van der Waals surface area contributed by atoms with Crippen molar-refractivity contribution in [3.63, 3.8) is 0 Å². The van der Waals surface area contributed by atoms with Crippen LogP contribution in [-0.4, -0.2) is 17.6 Å². The molecule has 0 spiro atoms. The lowest BCUT2D eigenvalue weighted by molar-refractivity contribution is -0.113. The molecule has 0 radical (unpaired) electrons. The molecule has 0 unspecified atom stereocenters. The fourth-order valence-corrected chi connectivity index (χ4v) is 6.82. The van der Waals surface area contributed by atoms with Crippen molar-refractivity contribution in [2.45, 2.75) is 19.6 Å². The summed E-state index contributed by atoms with van der Waals surface area (Å²) in [5.74, 6) is -1.43. The van der Waals surface area contributed by atoms with E-state index in [0.29, 0.717) is 43.2 Å². The fourth-order valence-electron chi connectivity index (χ4n) is 4.95. The van der Waals surface area contributed by atoms with Gasteiger partial charge in [-0.15, -0.1) is 11.3 Å². The number of hydrogen-bond donors (Lipinski definition) is 1. The highest BCUT2D eigenvalue weighted by atomic mass is 32.1. The minimum Gasteiger partial charge on any atom is -0.496 e. The number of thiazole rings is 1. The summed E-state index contributed by atoms with van der Waals surface area (Å²) in [4.78, 5) is 33.5. The zero-order valence-electron chi connectivity index (χ0n) is 23.5. The summed E-state index contributed by atoms with van der Waals surface area (Å²) < 4.78 is 40.5. The maximum absolute atomic E-state index is 14.1. The van der Waals surface area contributed by atoms with Crippen LogP contribution in [0.15, 0.2) is 105 Å². The van der Waals surface area contributed by atoms with E-state index in [2.05, 4.69) is 10.3 Å². The molecule has 1 amide bonds. The zero-order valence-corrected chi connectivity index (χ0v) is 25.2. The Balaban J connectivity index is 1.37. The van der Waals surface area contributed by atoms with Gasteiger partial charge in [0.05, 0.1) is 22.9 Å². The predicted molar refractivity (Wildman–Crippen MR) is 167 cm³/mol. The Morgan fingerprint density at radius 2 is 1.84 bits per heavy atom. The number of fused-ring (bicyclic) bond motifs is 1. The molecule has 222 valence electrons. The highest BCUT2D eigenvalue weighted by Crippen LogP contribution is 2.33. The van der Waals surface area contributed by atoms with Gasteiger partial charge in [0.1, 0.15) is 24.2 Å². The van der Waals surface area contributed by atoms with Gasteiger partial charge in [-0.25, -0.2) is 13.8 Å². The number of halogens is 2. The number of amides is 1. The predicted octanol–water partition coefficient (Wildman–Crippen LogP) is 5.80. The Bertz CT molecular complexity index is 2070. The summed E-state index contributed by atoms with van der Waals surface area (Å²) in [6.07, 6.45) is 1.74. The zero-order chi connectivity index (χ0) is 30.8. The lowest BCUT2D eigenvalue weighted by Gasteiger charge is -2.24. The number of carbonyl (C=O) groups excluding carboxylic acids is 1. The van der Waals surface area contributed by atoms with Crippen LogP contribution in [0.2, 0.25) is 0 Å². The van der Waals surface area contributed by atoms with Gasteiger partial charge >= 0.3 is 0 Å². The largest absolute Gasteiger partial charge is 0.496 e. The van der Waals surface area contributed by atoms with E-state index in [0.717, 1.165) is 17.0 Å². The number of para-hydroxylation sites is 1. The van der Waals surface area contributed by atoms with Gasteiger partial charge in [-0.1, -0.05) is 41.7 Å². The van der Waals surface area contributed by atoms with Crippen LogP contribution in [0, 0.1) is 11.6 Å². The first-order valence-corrected chi connectivity index (χ1v) is 15.2. The van der Waals surface area contributed by atoms with E-state index in [1.165, 1.54) is 35.8 Å². The maximum Gasteiger partial charge on any atom is 0.271 e. The van der Waals surface area contributed by atoms with Gasteiger partial charge in [0.2, 0.25) is 0 Å². The van der Waals surface area contributed by atoms with Crippen LogP contribution in [-0.2, 0) is 11.4 Å². The van der Waals surface area contributed by atoms with E-state index >= 15 is 0 Å². The number of benzene rings is 3. The molecule has 44 heavy (non-hydrogen) atoms. The molecule has 1 aliphatic heterocycles. The SMILES string of the molecule is COc1ccc(C=c2sc3n(c2=O)[C@@H](c2cccs2)C(C(=O)Nc2ccccc2)=C(C)N=3)cc1COc1ccc(F)cc1F. The standard InChI is InChI=1S/C33H25F2N3O4S2/c1-19-29(31(39)37-23-7-4-3-5-8-23)30(27-9-6-14-43-27)38-32(40)28(44-33(38)36-19)16-20-10-12-25(41-2)21(15-20)18-42-26-13-11-22(34)17-24(26)35/h3-17,30H,18H2,1-2H3,(H,37,39)/t30-/m0/s1. The number of carbonyl (C=O) groups is 1. The molecule has 0 aliphatic carbocycles. The highest BCUT2D eigenvalue weighted by Gasteiger charge is 2.33. The third-order valence-corrected chi connectivity index (χ3v) is 8.90. The second kappa shape index (κ2) is 12.4. The molecular formula is C33H25F2N3O4S2. The van der Waals surface area contributed by atoms with Crippen molar-refractivity contribution in [2.24, 2.45) is 4.99 Å². The van der Waals surface area contributed by atoms with Crippen LogP contribution in [0.4, 0.5) is 14.5 Å². The smallest absolute Gasteiger partial charge is 0.271 e. The second-order valence-corrected chi connectivity index (χ2v) is 11.8. The molecule has 5 aromatic rings. The number of allylic oxidation sites excluding steroid dienone is 1. The number of nitrogens with zero attached hydrogens (tertiary/aromatic N) is 2. The van der Waals surface area contributed by atoms with E-state index in [9.17, 15) is 18.4 Å². The van der Waals surface area contributed by atoms with Gasteiger partial charge < -0.3 is 14.8 Å². The summed E-state index contributed by atoms with van der Waals surface area (Å²) in [6, 6.07) is 20.7. The minimum atomic E-state index is -0.811. The molecule has 0 saturated carbocycles. The Labute approximate surface area is 258 Å². The topological polar surface area (TPSA) is 81.9 Å². The molecule has 1 N–H and O–H groups in total. The average molecular weight is 630 g/mol. The normalized spacial score (nSPS) is 14.6. The fraction of sp³-hybridized carbons (Fsp3) is 0.121. The Hall–Kier alpha value is -4.87. The molecule has 11 heteroatoms. The van der Waals surface area contributed by atoms with Crippen molar-refractivity contribution in [1.82, 2.24) is 4.57 Å². The van der Waals surface area contributed by atoms with E-state index < -0.39 is 17.7 Å². The van der Waals surface area contributed by atoms with Gasteiger partial charge in [0, 0.05) is 22.2 Å². The number of rotatable bonds is 8. The van der Waals surface area contributed by atoms with Crippen molar-refractivity contribution in [1.29, 1.82) is 0 Å². The third-order valence-electron chi connectivity index (χ3n) is 6.99. The maximum atomic E-state index is 14.1. The second-order valence-electron chi connectivity index (χ2n) is 9.85. The van der Waals surface area contributed by atoms with Gasteiger partial charge in [-0.05, 0) is 66.4 Å². The number of thiophene rings is 1. The average Bonchev–Trinajstić information content (AvgIpc) is 3.65. The third kappa shape index (κ3) is 5.84. The van der Waals surface area contributed by atoms with Crippen LogP contribution in [0.1, 0.15) is 29.0 Å². The van der Waals surface area contributed by atoms with Gasteiger partial charge in [-0.2, -0.15) is 0 Å². The minimum absolute atomic E-state index is 0.0495. The molecule has 3 aromatic carbocycles. The molecule has 7 nitrogen and oxygen atoms in total. The molecule has 0 saturated heterocycles. The van der Waals surface area contributed by atoms with Crippen LogP contribution >= 0.6 is 22.7 Å². The van der Waals surface area contributed by atoms with Gasteiger partial charge in [-0.3, -0.25) is 14.2 Å². The summed E-state index contributed by atoms with van der Waals surface area (Å²) >= 11 is 2.69. The summed E-state index contributed by atoms with van der Waals surface area (Å²) in [7, 11) is 1.51. The van der Waals surface area contributed by atoms with Crippen molar-refractivity contribution in [3.8, 4) is 11.5 Å². The first-order valence-electron chi connectivity index (χ1n) is 13.5. The molecule has 0 fully saturated rings. The van der Waals surface area contributed by atoms with E-state index in [1.807, 2.05) is 35.7 Å². The van der Waals surface area contributed by atoms with Gasteiger partial charge in [0.25, 0.3) is 11.5 Å². The lowest BCUT2D eigenvalue weighted by atomic mass is 10.0. The summed E-state index contributed by atoms with van der Waals surface area (Å²) in [5, 5.41) is 4.85. The molecule has 6 rings (SSSR count). The number of anilines is 1. The molecule has 2 aromatic heterocycles. The van der Waals surface area contributed by atoms with Crippen molar-refractivity contribution < 1.29 is 23.0 Å². The molecular weight excluding hydrogens is 605 g/mol. The number of ether oxygens (including phenoxy) is 2. The Morgan fingerprint density at radius 3 is 2.57 bits per heavy atom. The van der Waals surface area contributed by atoms with Crippen LogP contribution < -0.4 is 29.7 Å². The van der Waals surface area contributed by atoms with Gasteiger partial charge in [0.15, 0.2) is 16.4 Å². The molecule has 1 aliphatic rings. The number of aromatic nitrogens is 1. The summed E-state index contributed by atoms with van der Waals surface area (Å²) in [6.45, 7) is 1.73. The highest BCUT2D eigenvalue weighted by molar-refractivity contribution is 7.10. The Morgan fingerprint density at radius 1 is 1.05 bits per heavy atom. The first kappa shape index (κ1) is 29.2. The molecule has 1 atom stereocenters. The number of hydrogen-bond acceptors (Lipinski definition) is 7. The first-order chi connectivity index (χ1) is 21.3.